The van der Waals surface area contributed by atoms with E-state index in [1.165, 1.54) is 5.56 Å². The van der Waals surface area contributed by atoms with E-state index in [0.717, 1.165) is 51.9 Å². The van der Waals surface area contributed by atoms with Crippen molar-refractivity contribution in [3.63, 3.8) is 0 Å². The van der Waals surface area contributed by atoms with Crippen LogP contribution in [-0.2, 0) is 34.3 Å². The number of halogens is 1. The Bertz CT molecular complexity index is 1360. The first-order valence-corrected chi connectivity index (χ1v) is 13.2. The summed E-state index contributed by atoms with van der Waals surface area (Å²) in [5.41, 5.74) is 5.37. The molecule has 0 aliphatic heterocycles. The molecule has 0 fully saturated rings. The van der Waals surface area contributed by atoms with Crippen LogP contribution in [0, 0.1) is 0 Å². The fraction of sp³-hybridized carbons (Fsp3) is 0.250. The zero-order valence-corrected chi connectivity index (χ0v) is 20.3. The maximum atomic E-state index is 13.6. The fourth-order valence-corrected chi connectivity index (χ4v) is 6.63. The van der Waals surface area contributed by atoms with E-state index in [1.807, 2.05) is 66.7 Å². The molecule has 0 radical (unpaired) electrons. The zero-order valence-electron chi connectivity index (χ0n) is 18.7. The summed E-state index contributed by atoms with van der Waals surface area (Å²) in [6.45, 7) is 0.582. The lowest BCUT2D eigenvalue weighted by atomic mass is 9.84. The summed E-state index contributed by atoms with van der Waals surface area (Å²) >= 11 is 6.12. The summed E-state index contributed by atoms with van der Waals surface area (Å²) in [6, 6.07) is 23.7. The highest BCUT2D eigenvalue weighted by atomic mass is 35.5. The molecule has 0 spiro atoms. The zero-order chi connectivity index (χ0) is 23.7. The van der Waals surface area contributed by atoms with Crippen LogP contribution in [0.2, 0.25) is 5.02 Å². The molecule has 2 unspecified atom stereocenters. The molecule has 0 bridgehead atoms. The normalized spacial score (nSPS) is 16.3. The molecule has 1 aliphatic rings. The lowest BCUT2D eigenvalue weighted by molar-refractivity contribution is -0.137. The summed E-state index contributed by atoms with van der Waals surface area (Å²) in [5, 5.41) is 11.4. The summed E-state index contributed by atoms with van der Waals surface area (Å²) in [5.74, 6) is -0.402. The van der Waals surface area contributed by atoms with Crippen molar-refractivity contribution >= 4 is 39.3 Å². The van der Waals surface area contributed by atoms with Crippen molar-refractivity contribution in [2.24, 2.45) is 0 Å². The van der Waals surface area contributed by atoms with Gasteiger partial charge in [-0.25, -0.2) is 0 Å². The Labute approximate surface area is 206 Å². The van der Waals surface area contributed by atoms with E-state index in [1.54, 1.807) is 0 Å². The van der Waals surface area contributed by atoms with E-state index in [0.29, 0.717) is 17.3 Å². The highest BCUT2D eigenvalue weighted by Gasteiger charge is 2.30. The molecule has 2 atom stereocenters. The molecule has 1 aliphatic carbocycles. The molecule has 3 aromatic carbocycles. The van der Waals surface area contributed by atoms with Crippen LogP contribution in [0.15, 0.2) is 77.7 Å². The predicted octanol–water partition coefficient (Wildman–Crippen LogP) is 6.55. The minimum atomic E-state index is -1.24. The van der Waals surface area contributed by atoms with Crippen molar-refractivity contribution in [3.05, 3.63) is 100 Å². The van der Waals surface area contributed by atoms with Gasteiger partial charge in [-0.15, -0.1) is 0 Å². The van der Waals surface area contributed by atoms with E-state index in [-0.39, 0.29) is 12.3 Å². The van der Waals surface area contributed by atoms with Crippen LogP contribution >= 0.6 is 11.6 Å². The molecule has 4 nitrogen and oxygen atoms in total. The Morgan fingerprint density at radius 1 is 1.00 bits per heavy atom. The number of para-hydroxylation sites is 1. The molecule has 5 rings (SSSR count). The third-order valence-electron chi connectivity index (χ3n) is 6.62. The third kappa shape index (κ3) is 4.55. The van der Waals surface area contributed by atoms with E-state index in [9.17, 15) is 14.1 Å². The first-order valence-electron chi connectivity index (χ1n) is 11.5. The molecule has 1 aromatic heterocycles. The minimum absolute atomic E-state index is 0.0589. The molecular weight excluding hydrogens is 466 g/mol. The molecule has 0 saturated carbocycles. The van der Waals surface area contributed by atoms with Gasteiger partial charge < -0.3 is 9.67 Å². The Morgan fingerprint density at radius 2 is 1.76 bits per heavy atom. The number of hydrogen-bond donors (Lipinski definition) is 1. The van der Waals surface area contributed by atoms with E-state index >= 15 is 0 Å². The predicted molar refractivity (Wildman–Crippen MR) is 137 cm³/mol. The van der Waals surface area contributed by atoms with Crippen molar-refractivity contribution in [2.45, 2.75) is 48.8 Å². The number of aromatic nitrogens is 1. The molecule has 4 aromatic rings. The van der Waals surface area contributed by atoms with Crippen LogP contribution in [0.5, 0.6) is 0 Å². The first-order chi connectivity index (χ1) is 16.5. The smallest absolute Gasteiger partial charge is 0.304 e. The Kier molecular flexibility index (Phi) is 6.57. The number of benzene rings is 3. The number of carboxylic acids is 1. The van der Waals surface area contributed by atoms with Crippen LogP contribution in [0.25, 0.3) is 10.9 Å². The van der Waals surface area contributed by atoms with Crippen LogP contribution in [0.3, 0.4) is 0 Å². The number of carboxylic acid groups (broad SMARTS) is 1. The van der Waals surface area contributed by atoms with Crippen molar-refractivity contribution in [1.29, 1.82) is 0 Å². The number of rotatable bonds is 7. The number of carbonyl (C=O) groups is 1. The van der Waals surface area contributed by atoms with Gasteiger partial charge in [0, 0.05) is 28.6 Å². The molecular formula is C28H26ClNO3S. The fourth-order valence-electron chi connectivity index (χ4n) is 5.19. The maximum absolute atomic E-state index is 13.6. The van der Waals surface area contributed by atoms with Gasteiger partial charge in [0.15, 0.2) is 0 Å². The Balaban J connectivity index is 1.68. The van der Waals surface area contributed by atoms with E-state index in [4.69, 9.17) is 11.6 Å². The third-order valence-corrected chi connectivity index (χ3v) is 8.29. The van der Waals surface area contributed by atoms with Crippen molar-refractivity contribution in [2.75, 3.05) is 0 Å². The second-order valence-corrected chi connectivity index (χ2v) is 10.7. The second-order valence-electron chi connectivity index (χ2n) is 8.89. The Morgan fingerprint density at radius 3 is 2.50 bits per heavy atom. The van der Waals surface area contributed by atoms with Gasteiger partial charge in [0.05, 0.1) is 33.4 Å². The summed E-state index contributed by atoms with van der Waals surface area (Å²) < 4.78 is 15.9. The minimum Gasteiger partial charge on any atom is -0.481 e. The Hall–Kier alpha value is -2.89. The lowest BCUT2D eigenvalue weighted by Crippen LogP contribution is -2.18. The van der Waals surface area contributed by atoms with Gasteiger partial charge in [-0.2, -0.15) is 0 Å². The number of fused-ring (bicyclic) bond motifs is 3. The monoisotopic (exact) mass is 491 g/mol. The van der Waals surface area contributed by atoms with Gasteiger partial charge in [0.1, 0.15) is 0 Å². The van der Waals surface area contributed by atoms with E-state index in [2.05, 4.69) is 10.6 Å². The quantitative estimate of drug-likeness (QED) is 0.319. The van der Waals surface area contributed by atoms with Crippen molar-refractivity contribution in [3.8, 4) is 0 Å². The average molecular weight is 492 g/mol. The molecule has 1 heterocycles. The molecule has 0 amide bonds. The number of nitrogens with zero attached hydrogens (tertiary/aromatic N) is 1. The number of aliphatic carboxylic acids is 1. The molecule has 6 heteroatoms. The summed E-state index contributed by atoms with van der Waals surface area (Å²) in [4.78, 5) is 12.5. The largest absolute Gasteiger partial charge is 0.481 e. The van der Waals surface area contributed by atoms with E-state index < -0.39 is 16.8 Å². The molecule has 1 N–H and O–H groups in total. The van der Waals surface area contributed by atoms with Crippen molar-refractivity contribution in [1.82, 2.24) is 4.57 Å². The van der Waals surface area contributed by atoms with Crippen LogP contribution in [0.1, 0.15) is 47.6 Å². The summed E-state index contributed by atoms with van der Waals surface area (Å²) in [6.07, 6.45) is 2.82. The summed E-state index contributed by atoms with van der Waals surface area (Å²) in [7, 11) is -1.24. The number of aryl methyl sites for hydroxylation is 1. The highest BCUT2D eigenvalue weighted by Crippen LogP contribution is 2.42. The average Bonchev–Trinajstić information content (AvgIpc) is 3.15. The van der Waals surface area contributed by atoms with Gasteiger partial charge in [0.25, 0.3) is 0 Å². The maximum Gasteiger partial charge on any atom is 0.304 e. The second kappa shape index (κ2) is 9.77. The topological polar surface area (TPSA) is 59.3 Å². The van der Waals surface area contributed by atoms with Gasteiger partial charge >= 0.3 is 5.97 Å². The molecule has 34 heavy (non-hydrogen) atoms. The van der Waals surface area contributed by atoms with Gasteiger partial charge in [0.2, 0.25) is 0 Å². The number of hydrogen-bond acceptors (Lipinski definition) is 2. The molecule has 0 saturated heterocycles. The van der Waals surface area contributed by atoms with Gasteiger partial charge in [-0.05, 0) is 54.2 Å². The standard InChI is InChI=1S/C28H26ClNO3S/c29-22-14-12-19(13-15-22)17-30-27-21(16-26(31)32)8-4-9-23(27)24-10-5-11-25(28(24)30)34(33)18-20-6-2-1-3-7-20/h1-3,5-7,10-15,21H,4,8-9,16-18H2,(H,31,32). The lowest BCUT2D eigenvalue weighted by Gasteiger charge is -2.25. The van der Waals surface area contributed by atoms with Crippen LogP contribution in [0.4, 0.5) is 0 Å². The van der Waals surface area contributed by atoms with Gasteiger partial charge in [-0.3, -0.25) is 9.00 Å². The SMILES string of the molecule is O=C(O)CC1CCCc2c1n(Cc1ccc(Cl)cc1)c1c(S(=O)Cc3ccccc3)cccc21. The van der Waals surface area contributed by atoms with Crippen LogP contribution < -0.4 is 0 Å². The van der Waals surface area contributed by atoms with Gasteiger partial charge in [-0.1, -0.05) is 66.2 Å². The van der Waals surface area contributed by atoms with Crippen molar-refractivity contribution < 1.29 is 14.1 Å². The molecule has 174 valence electrons. The highest BCUT2D eigenvalue weighted by molar-refractivity contribution is 7.84. The van der Waals surface area contributed by atoms with Crippen LogP contribution in [-0.4, -0.2) is 19.9 Å². The first kappa shape index (κ1) is 22.9.